The van der Waals surface area contributed by atoms with Crippen molar-refractivity contribution in [3.05, 3.63) is 217 Å². The molecule has 358 valence electrons. The molecule has 0 saturated heterocycles. The monoisotopic (exact) mass is 953 g/mol. The normalized spacial score (nSPS) is 14.9. The summed E-state index contributed by atoms with van der Waals surface area (Å²) in [5.41, 5.74) is 7.52. The van der Waals surface area contributed by atoms with Crippen molar-refractivity contribution in [2.75, 3.05) is 16.5 Å². The molecule has 3 heterocycles. The number of pyridine rings is 1. The second-order valence-corrected chi connectivity index (χ2v) is 21.4. The van der Waals surface area contributed by atoms with E-state index < -0.39 is 60.4 Å². The third-order valence-corrected chi connectivity index (χ3v) is 13.3. The molecule has 2 aromatic heterocycles. The van der Waals surface area contributed by atoms with E-state index in [-0.39, 0.29) is 50.9 Å². The zero-order valence-electron chi connectivity index (χ0n) is 52.1. The Hall–Kier alpha value is -8.09. The largest absolute Gasteiger partial charge is 0.457 e. The van der Waals surface area contributed by atoms with Gasteiger partial charge in [0.15, 0.2) is 0 Å². The quantitative estimate of drug-likeness (QED) is 0.144. The topological polar surface area (TPSA) is 42.8 Å². The highest BCUT2D eigenvalue weighted by Gasteiger charge is 2.33. The summed E-state index contributed by atoms with van der Waals surface area (Å²) >= 11 is 0. The molecule has 0 radical (unpaired) electrons. The van der Waals surface area contributed by atoms with Gasteiger partial charge in [-0.15, -0.1) is 0 Å². The van der Waals surface area contributed by atoms with E-state index in [0.717, 1.165) is 50.1 Å². The summed E-state index contributed by atoms with van der Waals surface area (Å²) in [6.45, 7) is 20.2. The molecule has 6 heteroatoms. The van der Waals surface area contributed by atoms with Crippen molar-refractivity contribution in [1.82, 2.24) is 9.55 Å². The second kappa shape index (κ2) is 17.9. The Balaban J connectivity index is 0.988. The van der Waals surface area contributed by atoms with E-state index in [1.807, 2.05) is 94.7 Å². The van der Waals surface area contributed by atoms with Crippen molar-refractivity contribution < 1.29 is 23.2 Å². The number of aromatic nitrogens is 2. The molecule has 0 spiro atoms. The molecule has 0 bridgehead atoms. The molecule has 0 unspecified atom stereocenters. The molecular weight excluding hydrogens is 881 g/mol. The summed E-state index contributed by atoms with van der Waals surface area (Å²) in [5.74, 6) is 3.29. The van der Waals surface area contributed by atoms with E-state index in [4.69, 9.17) is 28.2 Å². The number of rotatable bonds is 9. The highest BCUT2D eigenvalue weighted by molar-refractivity contribution is 6.09. The van der Waals surface area contributed by atoms with E-state index >= 15 is 0 Å². The van der Waals surface area contributed by atoms with Gasteiger partial charge in [-0.3, -0.25) is 4.57 Å². The minimum Gasteiger partial charge on any atom is -0.457 e. The predicted molar refractivity (Wildman–Crippen MR) is 301 cm³/mol. The molecule has 1 aliphatic heterocycles. The Morgan fingerprint density at radius 3 is 1.69 bits per heavy atom. The van der Waals surface area contributed by atoms with E-state index in [1.165, 1.54) is 5.56 Å². The lowest BCUT2D eigenvalue weighted by molar-refractivity contribution is 0.429. The lowest BCUT2D eigenvalue weighted by Gasteiger charge is -2.33. The number of para-hydroxylation sites is 4. The van der Waals surface area contributed by atoms with Gasteiger partial charge in [-0.2, -0.15) is 0 Å². The molecule has 1 aliphatic rings. The molecule has 0 fully saturated rings. The van der Waals surface area contributed by atoms with E-state index in [1.54, 1.807) is 24.4 Å². The van der Waals surface area contributed by atoms with Crippen molar-refractivity contribution in [1.29, 1.82) is 0 Å². The molecule has 0 saturated carbocycles. The van der Waals surface area contributed by atoms with E-state index in [0.29, 0.717) is 28.8 Å². The van der Waals surface area contributed by atoms with Gasteiger partial charge in [-0.1, -0.05) is 189 Å². The maximum atomic E-state index is 9.09. The van der Waals surface area contributed by atoms with Crippen LogP contribution in [0, 0.1) is 0 Å². The lowest BCUT2D eigenvalue weighted by atomic mass is 9.74. The molecule has 0 N–H and O–H groups in total. The highest BCUT2D eigenvalue weighted by atomic mass is 16.5. The third kappa shape index (κ3) is 8.65. The third-order valence-electron chi connectivity index (χ3n) is 13.3. The minimum absolute atomic E-state index is 0.0685. The summed E-state index contributed by atoms with van der Waals surface area (Å²) in [7, 11) is 0. The van der Waals surface area contributed by atoms with Crippen LogP contribution in [0.2, 0.25) is 0 Å². The first kappa shape index (κ1) is 35.9. The van der Waals surface area contributed by atoms with Gasteiger partial charge in [0, 0.05) is 63.1 Å². The van der Waals surface area contributed by atoms with Gasteiger partial charge in [0.25, 0.3) is 0 Å². The second-order valence-electron chi connectivity index (χ2n) is 21.4. The zero-order chi connectivity index (χ0) is 58.6. The fourth-order valence-corrected chi connectivity index (χ4v) is 9.73. The van der Waals surface area contributed by atoms with Crippen molar-refractivity contribution in [3.63, 3.8) is 0 Å². The van der Waals surface area contributed by atoms with Crippen LogP contribution in [0.4, 0.5) is 22.7 Å². The summed E-state index contributed by atoms with van der Waals surface area (Å²) in [6.07, 6.45) is 1.79. The van der Waals surface area contributed by atoms with Gasteiger partial charge in [0.2, 0.25) is 0 Å². The van der Waals surface area contributed by atoms with Crippen LogP contribution in [0.15, 0.2) is 200 Å². The predicted octanol–water partition coefficient (Wildman–Crippen LogP) is 18.2. The SMILES string of the molecule is [2H]c1c([2H])c([2H])c(-c2cccc(-c3c([2H])c([2H])c([2H])c([2H])c3[2H])c2N2CN(c3cccc(Oc4ccc5c6ccccc6n(-c6cc(Oc7c(C(C)(C)C)cc(C(C)(C)C)cc7C(C)(C)C)ccn6)c5c4)c3)c3ccccc32)c([2H])c1[2H]. The highest BCUT2D eigenvalue weighted by Crippen LogP contribution is 2.51. The first-order valence-electron chi connectivity index (χ1n) is 29.3. The Labute approximate surface area is 438 Å². The molecule has 0 atom stereocenters. The maximum Gasteiger partial charge on any atom is 0.141 e. The van der Waals surface area contributed by atoms with E-state index in [2.05, 4.69) is 97.2 Å². The van der Waals surface area contributed by atoms with Crippen LogP contribution >= 0.6 is 0 Å². The summed E-state index contributed by atoms with van der Waals surface area (Å²) in [4.78, 5) is 8.90. The van der Waals surface area contributed by atoms with Gasteiger partial charge in [0.05, 0.1) is 41.8 Å². The number of hydrogen-bond acceptors (Lipinski definition) is 5. The molecular formula is C66H62N4O2. The van der Waals surface area contributed by atoms with Gasteiger partial charge in [-0.25, -0.2) is 4.98 Å². The van der Waals surface area contributed by atoms with Crippen molar-refractivity contribution in [2.24, 2.45) is 0 Å². The Morgan fingerprint density at radius 2 is 1.06 bits per heavy atom. The summed E-state index contributed by atoms with van der Waals surface area (Å²) in [5, 5.41) is 2.05. The fourth-order valence-electron chi connectivity index (χ4n) is 9.73. The fraction of sp³-hybridized carbons (Fsp3) is 0.197. The van der Waals surface area contributed by atoms with Crippen molar-refractivity contribution in [2.45, 2.75) is 78.6 Å². The number of ether oxygens (including phenoxy) is 2. The van der Waals surface area contributed by atoms with Crippen LogP contribution in [0.3, 0.4) is 0 Å². The Kier molecular flexibility index (Phi) is 8.95. The lowest BCUT2D eigenvalue weighted by Crippen LogP contribution is -2.24. The van der Waals surface area contributed by atoms with Crippen molar-refractivity contribution >= 4 is 44.6 Å². The Bertz CT molecular complexity index is 4070. The molecule has 10 aromatic rings. The van der Waals surface area contributed by atoms with Crippen LogP contribution in [0.5, 0.6) is 23.0 Å². The van der Waals surface area contributed by atoms with E-state index in [9.17, 15) is 0 Å². The molecule has 11 rings (SSSR count). The molecule has 72 heavy (non-hydrogen) atoms. The van der Waals surface area contributed by atoms with Gasteiger partial charge in [-0.05, 0) is 81.5 Å². The molecule has 0 amide bonds. The minimum atomic E-state index is -0.556. The van der Waals surface area contributed by atoms with Crippen LogP contribution in [-0.2, 0) is 16.2 Å². The van der Waals surface area contributed by atoms with Crippen molar-refractivity contribution in [3.8, 4) is 51.1 Å². The smallest absolute Gasteiger partial charge is 0.141 e. The number of fused-ring (bicyclic) bond motifs is 4. The standard InChI is InChI=1S/C66H62N4O2/c1-64(2,3)46-38-55(65(4,5)6)63(56(39-46)66(7,8)9)72-50-36-37-67-61(42-50)70-57-31-17-16-28-53(57)54-35-34-49(41-60(54)70)71-48-27-20-26-47(40-48)68-43-69(59-33-19-18-32-58(59)68)62-51(44-22-12-10-13-23-44)29-21-30-52(62)45-24-14-11-15-25-45/h10-42H,43H2,1-9H3/i10D,11D,12D,13D,14D,15D,22D,23D,24D,25D. The average molecular weight is 953 g/mol. The Morgan fingerprint density at radius 1 is 0.486 bits per heavy atom. The zero-order valence-corrected chi connectivity index (χ0v) is 42.1. The van der Waals surface area contributed by atoms with Gasteiger partial charge >= 0.3 is 0 Å². The number of nitrogens with zero attached hydrogens (tertiary/aromatic N) is 4. The molecule has 6 nitrogen and oxygen atoms in total. The first-order chi connectivity index (χ1) is 38.7. The van der Waals surface area contributed by atoms with Crippen LogP contribution in [0.1, 0.15) is 92.7 Å². The molecule has 0 aliphatic carbocycles. The summed E-state index contributed by atoms with van der Waals surface area (Å²) < 4.78 is 104. The van der Waals surface area contributed by atoms with Gasteiger partial charge in [0.1, 0.15) is 35.5 Å². The first-order valence-corrected chi connectivity index (χ1v) is 24.3. The number of anilines is 4. The van der Waals surface area contributed by atoms with Crippen LogP contribution in [-0.4, -0.2) is 16.2 Å². The summed E-state index contributed by atoms with van der Waals surface area (Å²) in [6, 6.07) is 37.9. The van der Waals surface area contributed by atoms with Crippen LogP contribution in [0.25, 0.3) is 49.9 Å². The average Bonchev–Trinajstić information content (AvgIpc) is 4.11. The number of hydrogen-bond donors (Lipinski definition) is 0. The van der Waals surface area contributed by atoms with Gasteiger partial charge < -0.3 is 19.3 Å². The maximum absolute atomic E-state index is 9.09. The van der Waals surface area contributed by atoms with Crippen LogP contribution < -0.4 is 19.3 Å². The molecule has 8 aromatic carbocycles. The number of benzene rings is 8.